The second kappa shape index (κ2) is 8.87. The Morgan fingerprint density at radius 2 is 2.25 bits per heavy atom. The largest absolute Gasteiger partial charge is 0.374 e. The van der Waals surface area contributed by atoms with Gasteiger partial charge in [0, 0.05) is 24.9 Å². The van der Waals surface area contributed by atoms with Gasteiger partial charge >= 0.3 is 0 Å². The number of likely N-dealkylation sites (N-methyl/N-ethyl adjacent to an activating group) is 1. The molecule has 2 aliphatic rings. The molecule has 2 fully saturated rings. The summed E-state index contributed by atoms with van der Waals surface area (Å²) in [5.74, 6) is 0.722. The molecule has 1 atom stereocenters. The van der Waals surface area contributed by atoms with E-state index < -0.39 is 0 Å². The highest BCUT2D eigenvalue weighted by molar-refractivity contribution is 8.00. The molecule has 2 saturated heterocycles. The lowest BCUT2D eigenvalue weighted by molar-refractivity contribution is -0.119. The highest BCUT2D eigenvalue weighted by atomic mass is 32.2. The number of nitrogens with one attached hydrogen (secondary N) is 2. The Kier molecular flexibility index (Phi) is 7.13. The van der Waals surface area contributed by atoms with E-state index in [4.69, 9.17) is 4.74 Å². The van der Waals surface area contributed by atoms with Crippen molar-refractivity contribution in [3.63, 3.8) is 0 Å². The molecule has 116 valence electrons. The Bertz CT molecular complexity index is 298. The number of amides is 1. The van der Waals surface area contributed by atoms with Gasteiger partial charge in [0.2, 0.25) is 5.91 Å². The highest BCUT2D eigenvalue weighted by Crippen LogP contribution is 2.19. The van der Waals surface area contributed by atoms with Crippen LogP contribution in [0, 0.1) is 0 Å². The van der Waals surface area contributed by atoms with Crippen LogP contribution >= 0.6 is 11.8 Å². The molecular weight excluding hydrogens is 274 g/mol. The summed E-state index contributed by atoms with van der Waals surface area (Å²) in [4.78, 5) is 14.2. The molecule has 0 radical (unpaired) electrons. The third-order valence-corrected chi connectivity index (χ3v) is 5.30. The Labute approximate surface area is 126 Å². The summed E-state index contributed by atoms with van der Waals surface area (Å²) < 4.78 is 5.68. The fourth-order valence-corrected chi connectivity index (χ4v) is 3.68. The third-order valence-electron chi connectivity index (χ3n) is 3.93. The number of hydrogen-bond acceptors (Lipinski definition) is 5. The Hall–Kier alpha value is -0.300. The standard InChI is InChI=1S/C14H27N3O2S/c1-2-17-7-8-19-12(10-17)9-16-14(18)11-20-13-3-5-15-6-4-13/h12-13,15H,2-11H2,1H3,(H,16,18). The van der Waals surface area contributed by atoms with Gasteiger partial charge in [0.05, 0.1) is 18.5 Å². The van der Waals surface area contributed by atoms with Crippen LogP contribution in [0.1, 0.15) is 19.8 Å². The van der Waals surface area contributed by atoms with Gasteiger partial charge in [-0.15, -0.1) is 11.8 Å². The van der Waals surface area contributed by atoms with E-state index in [0.717, 1.165) is 39.3 Å². The minimum Gasteiger partial charge on any atom is -0.374 e. The van der Waals surface area contributed by atoms with E-state index in [9.17, 15) is 4.79 Å². The van der Waals surface area contributed by atoms with Gasteiger partial charge in [-0.3, -0.25) is 9.69 Å². The van der Waals surface area contributed by atoms with Gasteiger partial charge in [-0.25, -0.2) is 0 Å². The Morgan fingerprint density at radius 3 is 3.00 bits per heavy atom. The molecule has 5 nitrogen and oxygen atoms in total. The number of morpholine rings is 1. The second-order valence-electron chi connectivity index (χ2n) is 5.45. The average Bonchev–Trinajstić information content (AvgIpc) is 2.52. The number of ether oxygens (including phenoxy) is 1. The summed E-state index contributed by atoms with van der Waals surface area (Å²) >= 11 is 1.79. The summed E-state index contributed by atoms with van der Waals surface area (Å²) in [5.41, 5.74) is 0. The second-order valence-corrected chi connectivity index (χ2v) is 6.74. The van der Waals surface area contributed by atoms with E-state index in [1.165, 1.54) is 12.8 Å². The van der Waals surface area contributed by atoms with Crippen LogP contribution in [-0.4, -0.2) is 73.8 Å². The number of rotatable bonds is 6. The molecule has 1 unspecified atom stereocenters. The van der Waals surface area contributed by atoms with Crippen LogP contribution in [-0.2, 0) is 9.53 Å². The molecule has 2 rings (SSSR count). The first kappa shape index (κ1) is 16.1. The van der Waals surface area contributed by atoms with Crippen LogP contribution in [0.25, 0.3) is 0 Å². The van der Waals surface area contributed by atoms with E-state index in [2.05, 4.69) is 22.5 Å². The van der Waals surface area contributed by atoms with E-state index in [-0.39, 0.29) is 12.0 Å². The first-order chi connectivity index (χ1) is 9.78. The molecule has 0 spiro atoms. The zero-order valence-electron chi connectivity index (χ0n) is 12.4. The van der Waals surface area contributed by atoms with E-state index in [1.54, 1.807) is 11.8 Å². The number of carbonyl (C=O) groups is 1. The smallest absolute Gasteiger partial charge is 0.230 e. The molecule has 2 aliphatic heterocycles. The zero-order chi connectivity index (χ0) is 14.2. The van der Waals surface area contributed by atoms with Crippen molar-refractivity contribution < 1.29 is 9.53 Å². The zero-order valence-corrected chi connectivity index (χ0v) is 13.2. The van der Waals surface area contributed by atoms with Crippen molar-refractivity contribution in [1.29, 1.82) is 0 Å². The van der Waals surface area contributed by atoms with E-state index >= 15 is 0 Å². The molecule has 0 aromatic carbocycles. The summed E-state index contributed by atoms with van der Waals surface area (Å²) in [7, 11) is 0. The molecular formula is C14H27N3O2S. The lowest BCUT2D eigenvalue weighted by Crippen LogP contribution is -2.47. The lowest BCUT2D eigenvalue weighted by Gasteiger charge is -2.32. The van der Waals surface area contributed by atoms with Crippen LogP contribution < -0.4 is 10.6 Å². The van der Waals surface area contributed by atoms with E-state index in [1.807, 2.05) is 0 Å². The first-order valence-electron chi connectivity index (χ1n) is 7.71. The summed E-state index contributed by atoms with van der Waals surface area (Å²) in [6.45, 7) is 8.74. The molecule has 6 heteroatoms. The Morgan fingerprint density at radius 1 is 1.45 bits per heavy atom. The fraction of sp³-hybridized carbons (Fsp3) is 0.929. The molecule has 0 aliphatic carbocycles. The maximum atomic E-state index is 11.9. The van der Waals surface area contributed by atoms with Gasteiger partial charge in [-0.1, -0.05) is 6.92 Å². The molecule has 0 aromatic rings. The molecule has 2 heterocycles. The lowest BCUT2D eigenvalue weighted by atomic mass is 10.2. The molecule has 2 N–H and O–H groups in total. The summed E-state index contributed by atoms with van der Waals surface area (Å²) in [5, 5.41) is 7.00. The number of piperidine rings is 1. The number of carbonyl (C=O) groups excluding carboxylic acids is 1. The van der Waals surface area contributed by atoms with Gasteiger partial charge in [-0.2, -0.15) is 0 Å². The van der Waals surface area contributed by atoms with Gasteiger partial charge in [-0.05, 0) is 32.5 Å². The quantitative estimate of drug-likeness (QED) is 0.739. The molecule has 1 amide bonds. The molecule has 0 aromatic heterocycles. The van der Waals surface area contributed by atoms with Gasteiger partial charge in [0.15, 0.2) is 0 Å². The topological polar surface area (TPSA) is 53.6 Å². The third kappa shape index (κ3) is 5.60. The van der Waals surface area contributed by atoms with Crippen LogP contribution in [0.4, 0.5) is 0 Å². The summed E-state index contributed by atoms with van der Waals surface area (Å²) in [6, 6.07) is 0. The van der Waals surface area contributed by atoms with Gasteiger partial charge < -0.3 is 15.4 Å². The van der Waals surface area contributed by atoms with Crippen molar-refractivity contribution in [2.24, 2.45) is 0 Å². The average molecular weight is 301 g/mol. The maximum absolute atomic E-state index is 11.9. The molecule has 20 heavy (non-hydrogen) atoms. The monoisotopic (exact) mass is 301 g/mol. The van der Waals surface area contributed by atoms with Crippen molar-refractivity contribution in [3.05, 3.63) is 0 Å². The maximum Gasteiger partial charge on any atom is 0.230 e. The fourth-order valence-electron chi connectivity index (χ4n) is 2.63. The predicted octanol–water partition coefficient (Wildman–Crippen LogP) is 0.309. The van der Waals surface area contributed by atoms with E-state index in [0.29, 0.717) is 17.5 Å². The van der Waals surface area contributed by atoms with Crippen LogP contribution in [0.5, 0.6) is 0 Å². The first-order valence-corrected chi connectivity index (χ1v) is 8.75. The van der Waals surface area contributed by atoms with Crippen molar-refractivity contribution in [2.75, 3.05) is 51.6 Å². The number of thioether (sulfide) groups is 1. The van der Waals surface area contributed by atoms with Crippen molar-refractivity contribution in [2.45, 2.75) is 31.1 Å². The normalized spacial score (nSPS) is 25.6. The Balaban J connectivity index is 1.57. The SMILES string of the molecule is CCN1CCOC(CNC(=O)CSC2CCNCC2)C1. The van der Waals surface area contributed by atoms with Crippen molar-refractivity contribution in [3.8, 4) is 0 Å². The highest BCUT2D eigenvalue weighted by Gasteiger charge is 2.20. The van der Waals surface area contributed by atoms with Crippen LogP contribution in [0.15, 0.2) is 0 Å². The van der Waals surface area contributed by atoms with Gasteiger partial charge in [0.25, 0.3) is 0 Å². The number of hydrogen-bond donors (Lipinski definition) is 2. The van der Waals surface area contributed by atoms with Crippen molar-refractivity contribution in [1.82, 2.24) is 15.5 Å². The molecule has 0 saturated carbocycles. The summed E-state index contributed by atoms with van der Waals surface area (Å²) in [6.07, 6.45) is 2.50. The minimum atomic E-state index is 0.144. The van der Waals surface area contributed by atoms with Crippen molar-refractivity contribution >= 4 is 17.7 Å². The van der Waals surface area contributed by atoms with Gasteiger partial charge in [0.1, 0.15) is 0 Å². The predicted molar refractivity (Wildman–Crippen MR) is 83.2 cm³/mol. The minimum absolute atomic E-state index is 0.144. The van der Waals surface area contributed by atoms with Crippen LogP contribution in [0.2, 0.25) is 0 Å². The van der Waals surface area contributed by atoms with Crippen LogP contribution in [0.3, 0.4) is 0 Å². The molecule has 0 bridgehead atoms. The number of nitrogens with zero attached hydrogens (tertiary/aromatic N) is 1.